The van der Waals surface area contributed by atoms with Crippen LogP contribution >= 0.6 is 0 Å². The molecule has 2 aromatic carbocycles. The molecule has 1 aliphatic rings. The second kappa shape index (κ2) is 8.16. The number of nitrogens with zero attached hydrogens (tertiary/aromatic N) is 1. The maximum atomic E-state index is 13.4. The molecule has 0 bridgehead atoms. The second-order valence-corrected chi connectivity index (χ2v) is 7.34. The van der Waals surface area contributed by atoms with Gasteiger partial charge >= 0.3 is 0 Å². The molecule has 0 saturated carbocycles. The van der Waals surface area contributed by atoms with Crippen LogP contribution in [-0.2, 0) is 9.53 Å². The van der Waals surface area contributed by atoms with Crippen LogP contribution in [0.25, 0.3) is 11.0 Å². The minimum Gasteiger partial charge on any atom is -0.503 e. The first-order chi connectivity index (χ1) is 14.5. The van der Waals surface area contributed by atoms with Crippen LogP contribution in [-0.4, -0.2) is 42.0 Å². The fourth-order valence-electron chi connectivity index (χ4n) is 3.94. The van der Waals surface area contributed by atoms with Crippen LogP contribution in [0.1, 0.15) is 34.1 Å². The van der Waals surface area contributed by atoms with Gasteiger partial charge in [-0.05, 0) is 36.6 Å². The van der Waals surface area contributed by atoms with E-state index in [2.05, 4.69) is 0 Å². The van der Waals surface area contributed by atoms with Crippen LogP contribution < -0.4 is 0 Å². The zero-order valence-corrected chi connectivity index (χ0v) is 16.9. The van der Waals surface area contributed by atoms with Crippen molar-refractivity contribution in [1.29, 1.82) is 0 Å². The van der Waals surface area contributed by atoms with Gasteiger partial charge in [0.05, 0.1) is 11.6 Å². The van der Waals surface area contributed by atoms with Crippen molar-refractivity contribution >= 4 is 22.7 Å². The van der Waals surface area contributed by atoms with E-state index >= 15 is 0 Å². The summed E-state index contributed by atoms with van der Waals surface area (Å²) in [4.78, 5) is 27.9. The van der Waals surface area contributed by atoms with Gasteiger partial charge in [-0.1, -0.05) is 42.5 Å². The van der Waals surface area contributed by atoms with E-state index in [1.807, 2.05) is 49.4 Å². The molecule has 4 rings (SSSR count). The number of fused-ring (bicyclic) bond motifs is 1. The number of aliphatic hydroxyl groups is 1. The average Bonchev–Trinajstić information content (AvgIpc) is 3.29. The van der Waals surface area contributed by atoms with Crippen LogP contribution in [0, 0.1) is 6.92 Å². The van der Waals surface area contributed by atoms with Gasteiger partial charge < -0.3 is 19.2 Å². The molecule has 0 aliphatic carbocycles. The Morgan fingerprint density at radius 2 is 1.90 bits per heavy atom. The molecule has 6 nitrogen and oxygen atoms in total. The molecule has 3 aromatic rings. The van der Waals surface area contributed by atoms with Gasteiger partial charge in [-0.2, -0.15) is 0 Å². The Hall–Kier alpha value is -3.38. The van der Waals surface area contributed by atoms with Crippen molar-refractivity contribution < 1.29 is 23.8 Å². The van der Waals surface area contributed by atoms with Crippen molar-refractivity contribution in [3.05, 3.63) is 82.8 Å². The van der Waals surface area contributed by atoms with Crippen LogP contribution in [0.15, 0.2) is 70.3 Å². The second-order valence-electron chi connectivity index (χ2n) is 7.34. The number of aryl methyl sites for hydroxylation is 1. The number of benzene rings is 2. The number of Topliss-reactive ketones (excluding diaryl/α,β-unsaturated/α-hetero) is 1. The smallest absolute Gasteiger partial charge is 0.290 e. The third kappa shape index (κ3) is 3.39. The minimum absolute atomic E-state index is 0.0470. The Labute approximate surface area is 174 Å². The fourth-order valence-corrected chi connectivity index (χ4v) is 3.94. The molecule has 1 aromatic heterocycles. The van der Waals surface area contributed by atoms with Crippen LogP contribution in [0.4, 0.5) is 0 Å². The number of hydrogen-bond donors (Lipinski definition) is 1. The Kier molecular flexibility index (Phi) is 5.42. The molecule has 1 N–H and O–H groups in total. The van der Waals surface area contributed by atoms with Crippen molar-refractivity contribution in [3.63, 3.8) is 0 Å². The highest BCUT2D eigenvalue weighted by atomic mass is 16.5. The zero-order valence-electron chi connectivity index (χ0n) is 16.9. The lowest BCUT2D eigenvalue weighted by molar-refractivity contribution is -0.129. The van der Waals surface area contributed by atoms with Gasteiger partial charge in [0.1, 0.15) is 5.58 Å². The molecule has 30 heavy (non-hydrogen) atoms. The maximum Gasteiger partial charge on any atom is 0.290 e. The summed E-state index contributed by atoms with van der Waals surface area (Å²) in [6.45, 7) is 2.75. The van der Waals surface area contributed by atoms with Gasteiger partial charge in [0.15, 0.2) is 11.5 Å². The Morgan fingerprint density at radius 3 is 2.63 bits per heavy atom. The molecule has 2 heterocycles. The number of ketones is 1. The van der Waals surface area contributed by atoms with E-state index in [0.717, 1.165) is 16.5 Å². The SMILES string of the molecule is COCCCN1C(=O)C(O)=C(C(=O)c2cc3ccccc3o2)C1c1ccccc1C. The predicted molar refractivity (Wildman–Crippen MR) is 112 cm³/mol. The summed E-state index contributed by atoms with van der Waals surface area (Å²) in [7, 11) is 1.59. The van der Waals surface area contributed by atoms with Gasteiger partial charge in [-0.3, -0.25) is 9.59 Å². The Morgan fingerprint density at radius 1 is 1.17 bits per heavy atom. The van der Waals surface area contributed by atoms with Gasteiger partial charge in [-0.25, -0.2) is 0 Å². The standard InChI is InChI=1S/C24H23NO5/c1-15-8-3-5-10-17(15)21-20(23(27)24(28)25(21)12-7-13-29-2)22(26)19-14-16-9-4-6-11-18(16)30-19/h3-6,8-11,14,21,27H,7,12-13H2,1-2H3. The molecular formula is C24H23NO5. The lowest BCUT2D eigenvalue weighted by Gasteiger charge is -2.27. The molecule has 0 fully saturated rings. The van der Waals surface area contributed by atoms with E-state index in [-0.39, 0.29) is 11.3 Å². The van der Waals surface area contributed by atoms with Crippen molar-refractivity contribution in [3.8, 4) is 0 Å². The summed E-state index contributed by atoms with van der Waals surface area (Å²) in [5.74, 6) is -1.47. The van der Waals surface area contributed by atoms with Crippen LogP contribution in [0.3, 0.4) is 0 Å². The summed E-state index contributed by atoms with van der Waals surface area (Å²) in [6, 6.07) is 15.8. The van der Waals surface area contributed by atoms with Crippen molar-refractivity contribution in [2.45, 2.75) is 19.4 Å². The zero-order chi connectivity index (χ0) is 21.3. The van der Waals surface area contributed by atoms with Crippen LogP contribution in [0.5, 0.6) is 0 Å². The molecule has 1 unspecified atom stereocenters. The number of aliphatic hydroxyl groups excluding tert-OH is 1. The number of para-hydroxylation sites is 1. The van der Waals surface area contributed by atoms with E-state index in [0.29, 0.717) is 25.2 Å². The molecule has 0 radical (unpaired) electrons. The highest BCUT2D eigenvalue weighted by Gasteiger charge is 2.44. The molecule has 0 saturated heterocycles. The first-order valence-corrected chi connectivity index (χ1v) is 9.84. The monoisotopic (exact) mass is 405 g/mol. The highest BCUT2D eigenvalue weighted by Crippen LogP contribution is 2.40. The summed E-state index contributed by atoms with van der Waals surface area (Å²) in [6.07, 6.45) is 0.587. The number of furan rings is 1. The van der Waals surface area contributed by atoms with E-state index < -0.39 is 23.5 Å². The third-order valence-corrected chi connectivity index (χ3v) is 5.43. The third-order valence-electron chi connectivity index (χ3n) is 5.43. The molecule has 0 spiro atoms. The predicted octanol–water partition coefficient (Wildman–Crippen LogP) is 4.36. The van der Waals surface area contributed by atoms with Gasteiger partial charge in [0, 0.05) is 25.6 Å². The Balaban J connectivity index is 1.79. The van der Waals surface area contributed by atoms with Crippen molar-refractivity contribution in [2.75, 3.05) is 20.3 Å². The van der Waals surface area contributed by atoms with Gasteiger partial charge in [0.2, 0.25) is 5.78 Å². The highest BCUT2D eigenvalue weighted by molar-refractivity contribution is 6.16. The number of carbonyl (C=O) groups excluding carboxylic acids is 2. The number of ether oxygens (including phenoxy) is 1. The van der Waals surface area contributed by atoms with E-state index in [1.165, 1.54) is 4.90 Å². The van der Waals surface area contributed by atoms with E-state index in [1.54, 1.807) is 19.2 Å². The lowest BCUT2D eigenvalue weighted by Crippen LogP contribution is -2.33. The summed E-state index contributed by atoms with van der Waals surface area (Å²) in [5.41, 5.74) is 2.35. The molecular weight excluding hydrogens is 382 g/mol. The number of amides is 1. The van der Waals surface area contributed by atoms with E-state index in [9.17, 15) is 14.7 Å². The topological polar surface area (TPSA) is 80.0 Å². The largest absolute Gasteiger partial charge is 0.503 e. The molecule has 6 heteroatoms. The quantitative estimate of drug-likeness (QED) is 0.467. The summed E-state index contributed by atoms with van der Waals surface area (Å²) < 4.78 is 10.8. The van der Waals surface area contributed by atoms with Gasteiger partial charge in [0.25, 0.3) is 5.91 Å². The van der Waals surface area contributed by atoms with Gasteiger partial charge in [-0.15, -0.1) is 0 Å². The number of carbonyl (C=O) groups is 2. The van der Waals surface area contributed by atoms with Crippen molar-refractivity contribution in [2.24, 2.45) is 0 Å². The molecule has 1 amide bonds. The number of methoxy groups -OCH3 is 1. The molecule has 1 aliphatic heterocycles. The minimum atomic E-state index is -0.684. The first kappa shape index (κ1) is 19.9. The molecule has 154 valence electrons. The van der Waals surface area contributed by atoms with Crippen molar-refractivity contribution in [1.82, 2.24) is 4.90 Å². The normalized spacial score (nSPS) is 16.7. The summed E-state index contributed by atoms with van der Waals surface area (Å²) in [5, 5.41) is 11.5. The fraction of sp³-hybridized carbons (Fsp3) is 0.250. The number of hydrogen-bond acceptors (Lipinski definition) is 5. The average molecular weight is 405 g/mol. The maximum absolute atomic E-state index is 13.4. The van der Waals surface area contributed by atoms with E-state index in [4.69, 9.17) is 9.15 Å². The first-order valence-electron chi connectivity index (χ1n) is 9.84. The lowest BCUT2D eigenvalue weighted by atomic mass is 9.92. The molecule has 1 atom stereocenters. The summed E-state index contributed by atoms with van der Waals surface area (Å²) >= 11 is 0. The van der Waals surface area contributed by atoms with Crippen LogP contribution in [0.2, 0.25) is 0 Å². The number of rotatable bonds is 7. The Bertz CT molecular complexity index is 1110.